The summed E-state index contributed by atoms with van der Waals surface area (Å²) in [6.45, 7) is 8.66. The lowest BCUT2D eigenvalue weighted by molar-refractivity contribution is -0.159. The average Bonchev–Trinajstić information content (AvgIpc) is 2.67. The van der Waals surface area contributed by atoms with Crippen molar-refractivity contribution < 1.29 is 24.9 Å². The molecule has 2 aliphatic heterocycles. The predicted molar refractivity (Wildman–Crippen MR) is 106 cm³/mol. The number of hydrogen-bond donors (Lipinski definition) is 3. The Balaban J connectivity index is 0.000000409. The number of phenols is 1. The van der Waals surface area contributed by atoms with Crippen LogP contribution in [0.5, 0.6) is 5.75 Å². The molecular formula is C21H32N2O5. The smallest absolute Gasteiger partial charge is 0.414 e. The normalized spacial score (nSPS) is 18.2. The lowest BCUT2D eigenvalue weighted by Gasteiger charge is -2.29. The molecule has 0 bridgehead atoms. The van der Waals surface area contributed by atoms with Crippen molar-refractivity contribution in [3.63, 3.8) is 0 Å². The summed E-state index contributed by atoms with van der Waals surface area (Å²) in [6.07, 6.45) is 7.91. The standard InChI is InChI=1S/C19H30N2O.C2H2O4/c1-16-12-17(14-20-8-4-2-5-9-20)19(22)18(13-16)15-21-10-6-3-7-11-21;3-1(4)2(5)6/h12-13,22H,2-11,14-15H2,1H3;(H,3,4)(H,5,6). The zero-order chi connectivity index (χ0) is 20.5. The molecule has 0 spiro atoms. The van der Waals surface area contributed by atoms with Crippen molar-refractivity contribution >= 4 is 11.9 Å². The molecule has 0 amide bonds. The Morgan fingerprint density at radius 1 is 0.786 bits per heavy atom. The number of carboxylic acids is 2. The Morgan fingerprint density at radius 2 is 1.14 bits per heavy atom. The molecule has 1 aromatic carbocycles. The summed E-state index contributed by atoms with van der Waals surface area (Å²) < 4.78 is 0. The van der Waals surface area contributed by atoms with Gasteiger partial charge in [0.2, 0.25) is 0 Å². The van der Waals surface area contributed by atoms with Crippen LogP contribution in [0.3, 0.4) is 0 Å². The molecule has 2 aliphatic rings. The fourth-order valence-electron chi connectivity index (χ4n) is 3.89. The maximum atomic E-state index is 10.7. The van der Waals surface area contributed by atoms with Crippen molar-refractivity contribution in [1.29, 1.82) is 0 Å². The summed E-state index contributed by atoms with van der Waals surface area (Å²) in [7, 11) is 0. The second-order valence-electron chi connectivity index (χ2n) is 7.72. The van der Waals surface area contributed by atoms with Crippen LogP contribution in [0.1, 0.15) is 55.2 Å². The second-order valence-corrected chi connectivity index (χ2v) is 7.72. The van der Waals surface area contributed by atoms with E-state index in [1.807, 2.05) is 0 Å². The number of carbonyl (C=O) groups is 2. The van der Waals surface area contributed by atoms with E-state index >= 15 is 0 Å². The van der Waals surface area contributed by atoms with E-state index in [1.165, 1.54) is 70.3 Å². The van der Waals surface area contributed by atoms with Crippen molar-refractivity contribution in [2.75, 3.05) is 26.2 Å². The first-order valence-electron chi connectivity index (χ1n) is 10.1. The van der Waals surface area contributed by atoms with Gasteiger partial charge in [0.05, 0.1) is 0 Å². The van der Waals surface area contributed by atoms with E-state index in [9.17, 15) is 5.11 Å². The van der Waals surface area contributed by atoms with E-state index in [0.29, 0.717) is 5.75 Å². The number of rotatable bonds is 4. The van der Waals surface area contributed by atoms with Crippen molar-refractivity contribution in [3.05, 3.63) is 28.8 Å². The third-order valence-corrected chi connectivity index (χ3v) is 5.28. The number of aliphatic carboxylic acids is 2. The predicted octanol–water partition coefficient (Wildman–Crippen LogP) is 2.83. The molecule has 7 heteroatoms. The number of piperidine rings is 2. The van der Waals surface area contributed by atoms with E-state index in [0.717, 1.165) is 24.2 Å². The van der Waals surface area contributed by atoms with Crippen molar-refractivity contribution in [1.82, 2.24) is 9.80 Å². The Morgan fingerprint density at radius 3 is 1.46 bits per heavy atom. The van der Waals surface area contributed by atoms with Gasteiger partial charge in [-0.25, -0.2) is 9.59 Å². The summed E-state index contributed by atoms with van der Waals surface area (Å²) in [5.41, 5.74) is 3.51. The highest BCUT2D eigenvalue weighted by Gasteiger charge is 2.17. The summed E-state index contributed by atoms with van der Waals surface area (Å²) in [4.78, 5) is 23.2. The van der Waals surface area contributed by atoms with Crippen molar-refractivity contribution in [2.45, 2.75) is 58.5 Å². The minimum Gasteiger partial charge on any atom is -0.507 e. The zero-order valence-electron chi connectivity index (χ0n) is 16.7. The van der Waals surface area contributed by atoms with Crippen LogP contribution in [0.15, 0.2) is 12.1 Å². The maximum Gasteiger partial charge on any atom is 0.414 e. The van der Waals surface area contributed by atoms with E-state index in [4.69, 9.17) is 19.8 Å². The lowest BCUT2D eigenvalue weighted by Crippen LogP contribution is -2.30. The van der Waals surface area contributed by atoms with Crippen LogP contribution < -0.4 is 0 Å². The molecule has 7 nitrogen and oxygen atoms in total. The van der Waals surface area contributed by atoms with Gasteiger partial charge in [-0.1, -0.05) is 30.5 Å². The molecule has 156 valence electrons. The Hall–Kier alpha value is -2.12. The summed E-state index contributed by atoms with van der Waals surface area (Å²) >= 11 is 0. The largest absolute Gasteiger partial charge is 0.507 e. The van der Waals surface area contributed by atoms with Gasteiger partial charge in [0.15, 0.2) is 0 Å². The van der Waals surface area contributed by atoms with Crippen molar-refractivity contribution in [2.24, 2.45) is 0 Å². The highest BCUT2D eigenvalue weighted by molar-refractivity contribution is 6.27. The van der Waals surface area contributed by atoms with Gasteiger partial charge in [0.25, 0.3) is 0 Å². The van der Waals surface area contributed by atoms with Crippen LogP contribution in [0, 0.1) is 6.92 Å². The number of carboxylic acid groups (broad SMARTS) is 2. The van der Waals surface area contributed by atoms with Gasteiger partial charge >= 0.3 is 11.9 Å². The summed E-state index contributed by atoms with van der Waals surface area (Å²) in [5.74, 6) is -3.10. The molecule has 0 radical (unpaired) electrons. The molecule has 0 saturated carbocycles. The van der Waals surface area contributed by atoms with Crippen LogP contribution in [0.2, 0.25) is 0 Å². The quantitative estimate of drug-likeness (QED) is 0.677. The number of nitrogens with zero attached hydrogens (tertiary/aromatic N) is 2. The Bertz CT molecular complexity index is 612. The minimum atomic E-state index is -1.82. The number of hydrogen-bond acceptors (Lipinski definition) is 5. The van der Waals surface area contributed by atoms with Gasteiger partial charge in [-0.15, -0.1) is 0 Å². The third-order valence-electron chi connectivity index (χ3n) is 5.28. The molecule has 2 fully saturated rings. The first kappa shape index (κ1) is 22.2. The van der Waals surface area contributed by atoms with Crippen LogP contribution >= 0.6 is 0 Å². The molecule has 28 heavy (non-hydrogen) atoms. The monoisotopic (exact) mass is 392 g/mol. The summed E-state index contributed by atoms with van der Waals surface area (Å²) in [6, 6.07) is 4.34. The Labute approximate surface area is 166 Å². The number of aryl methyl sites for hydroxylation is 1. The zero-order valence-corrected chi connectivity index (χ0v) is 16.7. The summed E-state index contributed by atoms with van der Waals surface area (Å²) in [5, 5.41) is 25.5. The van der Waals surface area contributed by atoms with Gasteiger partial charge in [0.1, 0.15) is 5.75 Å². The van der Waals surface area contributed by atoms with Gasteiger partial charge in [-0.05, 0) is 58.8 Å². The highest BCUT2D eigenvalue weighted by atomic mass is 16.4. The van der Waals surface area contributed by atoms with E-state index < -0.39 is 11.9 Å². The van der Waals surface area contributed by atoms with Crippen molar-refractivity contribution in [3.8, 4) is 5.75 Å². The molecule has 2 saturated heterocycles. The third kappa shape index (κ3) is 7.13. The molecule has 3 rings (SSSR count). The molecule has 0 aliphatic carbocycles. The number of likely N-dealkylation sites (tertiary alicyclic amines) is 2. The molecule has 1 aromatic rings. The number of phenolic OH excluding ortho intramolecular Hbond substituents is 1. The topological polar surface area (TPSA) is 101 Å². The molecule has 3 N–H and O–H groups in total. The van der Waals surface area contributed by atoms with E-state index in [-0.39, 0.29) is 0 Å². The fourth-order valence-corrected chi connectivity index (χ4v) is 3.89. The molecule has 0 atom stereocenters. The first-order chi connectivity index (χ1) is 13.4. The van der Waals surface area contributed by atoms with Gasteiger partial charge in [0, 0.05) is 24.2 Å². The minimum absolute atomic E-state index is 0.543. The van der Waals surface area contributed by atoms with E-state index in [2.05, 4.69) is 28.9 Å². The average molecular weight is 392 g/mol. The highest BCUT2D eigenvalue weighted by Crippen LogP contribution is 2.28. The van der Waals surface area contributed by atoms with Crippen LogP contribution in [-0.2, 0) is 22.7 Å². The number of benzene rings is 1. The van der Waals surface area contributed by atoms with Crippen LogP contribution in [0.4, 0.5) is 0 Å². The first-order valence-corrected chi connectivity index (χ1v) is 10.1. The SMILES string of the molecule is Cc1cc(CN2CCCCC2)c(O)c(CN2CCCCC2)c1.O=C(O)C(=O)O. The maximum absolute atomic E-state index is 10.7. The molecule has 0 aromatic heterocycles. The Kier molecular flexibility index (Phi) is 8.73. The lowest BCUT2D eigenvalue weighted by atomic mass is 10.0. The van der Waals surface area contributed by atoms with Gasteiger partial charge in [-0.2, -0.15) is 0 Å². The molecule has 2 heterocycles. The number of aromatic hydroxyl groups is 1. The van der Waals surface area contributed by atoms with Gasteiger partial charge in [-0.3, -0.25) is 9.80 Å². The fraction of sp³-hybridized carbons (Fsp3) is 0.619. The van der Waals surface area contributed by atoms with Gasteiger partial charge < -0.3 is 15.3 Å². The van der Waals surface area contributed by atoms with Crippen LogP contribution in [-0.4, -0.2) is 63.2 Å². The van der Waals surface area contributed by atoms with Crippen LogP contribution in [0.25, 0.3) is 0 Å². The van der Waals surface area contributed by atoms with E-state index in [1.54, 1.807) is 0 Å². The molecule has 0 unspecified atom stereocenters. The second kappa shape index (κ2) is 11.0. The molecular weight excluding hydrogens is 360 g/mol.